The minimum absolute atomic E-state index is 0.0231. The standard InChI is InChI=1S/C12H23O14P.C5H9NO4/c13-1-4-6(16)8(18)9(19)11(23-4)25-12(3-15)10(26-27(20,21)22)7(17)5(2-14)24-12;6-3(5(9)10)1-2-4(7)8/h4-11,13-19H,1-3H2,(H2,20,21,22);3H,1-2,6H2,(H,7,8)(H,9,10)/t4-,5-,6-,7-,8+,9-,10+,11-,12+;/m1./s1. The van der Waals surface area contributed by atoms with Crippen molar-refractivity contribution in [1.29, 1.82) is 0 Å². The minimum atomic E-state index is -5.24. The number of aliphatic hydroxyl groups excluding tert-OH is 7. The second-order valence-electron chi connectivity index (χ2n) is 8.01. The first-order chi connectivity index (χ1) is 17.0. The number of ether oxygens (including phenoxy) is 3. The Hall–Kier alpha value is -1.39. The molecule has 0 bridgehead atoms. The molecule has 2 fully saturated rings. The summed E-state index contributed by atoms with van der Waals surface area (Å²) in [6.45, 7) is -2.82. The van der Waals surface area contributed by atoms with Crippen LogP contribution in [-0.2, 0) is 32.9 Å². The Bertz CT molecular complexity index is 794. The van der Waals surface area contributed by atoms with Crippen LogP contribution in [0.4, 0.5) is 0 Å². The molecule has 2 aliphatic rings. The number of hydrogen-bond donors (Lipinski definition) is 12. The van der Waals surface area contributed by atoms with Crippen molar-refractivity contribution in [3.63, 3.8) is 0 Å². The van der Waals surface area contributed by atoms with Crippen molar-refractivity contribution >= 4 is 19.8 Å². The summed E-state index contributed by atoms with van der Waals surface area (Å²) in [5.74, 6) is -4.72. The van der Waals surface area contributed by atoms with Crippen LogP contribution in [0.3, 0.4) is 0 Å². The summed E-state index contributed by atoms with van der Waals surface area (Å²) in [7, 11) is -5.24. The quantitative estimate of drug-likeness (QED) is 0.103. The first-order valence-electron chi connectivity index (χ1n) is 10.5. The van der Waals surface area contributed by atoms with Crippen LogP contribution in [0.25, 0.3) is 0 Å². The van der Waals surface area contributed by atoms with Crippen LogP contribution in [0.5, 0.6) is 0 Å². The topological polar surface area (TPSA) is 337 Å². The van der Waals surface area contributed by atoms with Crippen LogP contribution < -0.4 is 5.73 Å². The van der Waals surface area contributed by atoms with Crippen molar-refractivity contribution in [1.82, 2.24) is 0 Å². The van der Waals surface area contributed by atoms with Gasteiger partial charge in [-0.2, -0.15) is 0 Å². The number of hydrogen-bond acceptors (Lipinski definition) is 15. The van der Waals surface area contributed by atoms with E-state index in [-0.39, 0.29) is 12.8 Å². The molecule has 2 rings (SSSR count). The Labute approximate surface area is 208 Å². The van der Waals surface area contributed by atoms with E-state index in [1.807, 2.05) is 0 Å². The van der Waals surface area contributed by atoms with Gasteiger partial charge in [0, 0.05) is 6.42 Å². The molecular formula is C17H32NO18P. The number of rotatable bonds is 11. The second-order valence-corrected chi connectivity index (χ2v) is 9.20. The number of carbonyl (C=O) groups is 2. The van der Waals surface area contributed by atoms with E-state index in [0.29, 0.717) is 0 Å². The van der Waals surface area contributed by atoms with E-state index < -0.39 is 100 Å². The summed E-state index contributed by atoms with van der Waals surface area (Å²) in [5.41, 5.74) is 5.00. The van der Waals surface area contributed by atoms with Gasteiger partial charge in [0.1, 0.15) is 49.3 Å². The fraction of sp³-hybridized carbons (Fsp3) is 0.882. The summed E-state index contributed by atoms with van der Waals surface area (Å²) in [6.07, 6.45) is -14.4. The molecule has 0 saturated carbocycles. The van der Waals surface area contributed by atoms with Gasteiger partial charge in [-0.3, -0.25) is 14.1 Å². The highest BCUT2D eigenvalue weighted by atomic mass is 31.2. The maximum absolute atomic E-state index is 11.2. The van der Waals surface area contributed by atoms with E-state index in [0.717, 1.165) is 0 Å². The number of aliphatic hydroxyl groups is 7. The van der Waals surface area contributed by atoms with E-state index in [4.69, 9.17) is 39.9 Å². The molecule has 1 unspecified atom stereocenters. The van der Waals surface area contributed by atoms with E-state index in [9.17, 15) is 49.9 Å². The van der Waals surface area contributed by atoms with Gasteiger partial charge in [-0.25, -0.2) is 4.57 Å². The molecule has 0 radical (unpaired) electrons. The largest absolute Gasteiger partial charge is 0.481 e. The van der Waals surface area contributed by atoms with E-state index >= 15 is 0 Å². The van der Waals surface area contributed by atoms with Crippen LogP contribution in [0.1, 0.15) is 12.8 Å². The normalized spacial score (nSPS) is 36.9. The lowest BCUT2D eigenvalue weighted by molar-refractivity contribution is -0.382. The first kappa shape index (κ1) is 33.6. The van der Waals surface area contributed by atoms with Crippen molar-refractivity contribution in [2.45, 2.75) is 73.7 Å². The van der Waals surface area contributed by atoms with Gasteiger partial charge in [0.25, 0.3) is 0 Å². The van der Waals surface area contributed by atoms with Crippen LogP contribution >= 0.6 is 7.82 Å². The van der Waals surface area contributed by atoms with Crippen LogP contribution in [0, 0.1) is 0 Å². The highest BCUT2D eigenvalue weighted by Gasteiger charge is 2.61. The molecule has 0 aromatic heterocycles. The lowest BCUT2D eigenvalue weighted by Gasteiger charge is -2.43. The summed E-state index contributed by atoms with van der Waals surface area (Å²) in [6, 6.07) is -1.06. The van der Waals surface area contributed by atoms with Crippen molar-refractivity contribution in [2.75, 3.05) is 19.8 Å². The fourth-order valence-corrected chi connectivity index (χ4v) is 3.89. The summed E-state index contributed by atoms with van der Waals surface area (Å²) >= 11 is 0. The lowest BCUT2D eigenvalue weighted by Crippen LogP contribution is -2.62. The molecule has 0 amide bonds. The molecule has 2 aliphatic heterocycles. The molecule has 20 heteroatoms. The zero-order valence-electron chi connectivity index (χ0n) is 19.0. The molecule has 0 aromatic carbocycles. The fourth-order valence-electron chi connectivity index (χ4n) is 3.31. The SMILES string of the molecule is NC(CCC(=O)O)C(=O)O.O=P(O)(O)O[C@H]1[C@H](O)[C@@H](CO)O[C@@]1(CO)O[C@H]1O[C@H](CO)[C@@H](O)[C@H](O)[C@H]1O. The lowest BCUT2D eigenvalue weighted by atomic mass is 9.99. The number of carboxylic acid groups (broad SMARTS) is 2. The van der Waals surface area contributed by atoms with Gasteiger partial charge in [-0.05, 0) is 6.42 Å². The van der Waals surface area contributed by atoms with Crippen LogP contribution in [-0.4, -0.2) is 148 Å². The molecule has 2 saturated heterocycles. The van der Waals surface area contributed by atoms with E-state index in [1.165, 1.54) is 0 Å². The van der Waals surface area contributed by atoms with Gasteiger partial charge in [0.15, 0.2) is 12.4 Å². The van der Waals surface area contributed by atoms with Crippen molar-refractivity contribution in [3.05, 3.63) is 0 Å². The third-order valence-electron chi connectivity index (χ3n) is 5.28. The maximum atomic E-state index is 11.2. The zero-order valence-corrected chi connectivity index (χ0v) is 19.9. The molecule has 0 aliphatic carbocycles. The average Bonchev–Trinajstić information content (AvgIpc) is 3.08. The molecule has 218 valence electrons. The maximum Gasteiger partial charge on any atom is 0.470 e. The van der Waals surface area contributed by atoms with E-state index in [1.54, 1.807) is 0 Å². The average molecular weight is 569 g/mol. The summed E-state index contributed by atoms with van der Waals surface area (Å²) in [4.78, 5) is 37.9. The smallest absolute Gasteiger partial charge is 0.470 e. The van der Waals surface area contributed by atoms with Gasteiger partial charge >= 0.3 is 19.8 Å². The van der Waals surface area contributed by atoms with Crippen LogP contribution in [0.2, 0.25) is 0 Å². The predicted molar refractivity (Wildman–Crippen MR) is 112 cm³/mol. The Morgan fingerprint density at radius 2 is 1.51 bits per heavy atom. The predicted octanol–water partition coefficient (Wildman–Crippen LogP) is -6.02. The highest BCUT2D eigenvalue weighted by Crippen LogP contribution is 2.46. The van der Waals surface area contributed by atoms with Gasteiger partial charge in [0.05, 0.1) is 13.2 Å². The third-order valence-corrected chi connectivity index (χ3v) is 5.78. The van der Waals surface area contributed by atoms with Crippen molar-refractivity contribution in [2.24, 2.45) is 5.73 Å². The van der Waals surface area contributed by atoms with E-state index in [2.05, 4.69) is 4.52 Å². The van der Waals surface area contributed by atoms with Crippen molar-refractivity contribution < 1.29 is 88.6 Å². The number of aliphatic carboxylic acids is 2. The molecule has 10 atom stereocenters. The molecular weight excluding hydrogens is 537 g/mol. The van der Waals surface area contributed by atoms with Crippen LogP contribution in [0.15, 0.2) is 0 Å². The molecule has 0 spiro atoms. The Morgan fingerprint density at radius 1 is 0.946 bits per heavy atom. The summed E-state index contributed by atoms with van der Waals surface area (Å²) in [5, 5.41) is 84.0. The molecule has 13 N–H and O–H groups in total. The van der Waals surface area contributed by atoms with Gasteiger partial charge in [-0.15, -0.1) is 0 Å². The summed E-state index contributed by atoms with van der Waals surface area (Å²) < 4.78 is 31.1. The number of phosphoric acid groups is 1. The minimum Gasteiger partial charge on any atom is -0.481 e. The van der Waals surface area contributed by atoms with Gasteiger partial charge < -0.3 is 75.7 Å². The number of phosphoric ester groups is 1. The Balaban J connectivity index is 0.000000580. The number of nitrogens with two attached hydrogens (primary N) is 1. The molecule has 0 aromatic rings. The van der Waals surface area contributed by atoms with Crippen molar-refractivity contribution in [3.8, 4) is 0 Å². The Kier molecular flexibility index (Phi) is 12.8. The first-order valence-corrected chi connectivity index (χ1v) is 12.1. The third kappa shape index (κ3) is 9.10. The molecule has 37 heavy (non-hydrogen) atoms. The van der Waals surface area contributed by atoms with Gasteiger partial charge in [-0.1, -0.05) is 0 Å². The highest BCUT2D eigenvalue weighted by molar-refractivity contribution is 7.46. The molecule has 19 nitrogen and oxygen atoms in total. The zero-order chi connectivity index (χ0) is 28.7. The van der Waals surface area contributed by atoms with Gasteiger partial charge in [0.2, 0.25) is 5.79 Å². The molecule has 2 heterocycles. The monoisotopic (exact) mass is 569 g/mol. The second kappa shape index (κ2) is 14.1. The Morgan fingerprint density at radius 3 is 1.95 bits per heavy atom. The number of carboxylic acids is 2.